The van der Waals surface area contributed by atoms with Crippen molar-refractivity contribution >= 4 is 70.2 Å². The van der Waals surface area contributed by atoms with Crippen LogP contribution < -0.4 is 86.2 Å². The molecule has 0 aliphatic carbocycles. The average Bonchev–Trinajstić information content (AvgIpc) is 1.70. The van der Waals surface area contributed by atoms with Gasteiger partial charge in [-0.25, -0.2) is 28.2 Å². The zero-order valence-electron chi connectivity index (χ0n) is 50.5. The predicted octanol–water partition coefficient (Wildman–Crippen LogP) is -0.577. The van der Waals surface area contributed by atoms with Gasteiger partial charge in [0.1, 0.15) is 26.2 Å². The molecule has 0 aromatic carbocycles. The minimum Gasteiger partial charge on any atom is -1.00 e. The first-order chi connectivity index (χ1) is 41.1. The molecule has 2 aliphatic rings. The molecule has 2 aliphatic heterocycles. The summed E-state index contributed by atoms with van der Waals surface area (Å²) in [5.74, 6) is -0.666. The number of aryl methyl sites for hydroxylation is 4. The van der Waals surface area contributed by atoms with Crippen LogP contribution in [0, 0.1) is 0 Å². The molecule has 466 valence electrons. The number of halogens is 4. The van der Waals surface area contributed by atoms with Crippen molar-refractivity contribution in [2.75, 3.05) is 26.4 Å². The molecule has 0 saturated carbocycles. The highest BCUT2D eigenvalue weighted by Crippen LogP contribution is 2.38. The molecule has 20 heteroatoms. The van der Waals surface area contributed by atoms with Gasteiger partial charge < -0.3 is 96.8 Å². The second kappa shape index (κ2) is 36.5. The lowest BCUT2D eigenvalue weighted by Crippen LogP contribution is -3.00. The minimum absolute atomic E-state index is 0. The van der Waals surface area contributed by atoms with Crippen LogP contribution in [-0.2, 0) is 64.3 Å². The van der Waals surface area contributed by atoms with Crippen LogP contribution in [0.5, 0.6) is 0 Å². The number of esters is 4. The number of aromatic nitrogens is 8. The number of rotatable bonds is 28. The Hall–Kier alpha value is -7.00. The SMILES string of the molecule is CCOC(=O)CCCC[n+]1ccc(-c2c3nc(c(-c4cc[n+](CCCCC(=O)OCC)cc4)c4ccc([nH]4)c(-c4cc[n+](CCCCC(=O)OCC)cc4)c4ccc([nH]4)c(-c4cc[n+](CCCCC(=O)OCC)cc4)c4nc2C=C4)C=C3)cc1.[Br-].[Br-].[Br-].[Br-]. The van der Waals surface area contributed by atoms with Crippen molar-refractivity contribution in [2.24, 2.45) is 0 Å². The van der Waals surface area contributed by atoms with E-state index in [1.807, 2.05) is 27.7 Å². The van der Waals surface area contributed by atoms with Gasteiger partial charge in [0.25, 0.3) is 0 Å². The molecule has 0 unspecified atom stereocenters. The zero-order chi connectivity index (χ0) is 58.6. The summed E-state index contributed by atoms with van der Waals surface area (Å²) < 4.78 is 29.2. The molecule has 7 aromatic heterocycles. The van der Waals surface area contributed by atoms with E-state index < -0.39 is 0 Å². The molecular formula is C68H78Br4N8O8. The molecular weight excluding hydrogens is 1380 g/mol. The number of pyridine rings is 4. The van der Waals surface area contributed by atoms with E-state index in [9.17, 15) is 19.2 Å². The third-order valence-electron chi connectivity index (χ3n) is 14.9. The topological polar surface area (TPSA) is 178 Å². The van der Waals surface area contributed by atoms with Gasteiger partial charge in [0, 0.05) is 144 Å². The number of H-pyrrole nitrogens is 2. The Morgan fingerprint density at radius 3 is 0.818 bits per heavy atom. The van der Waals surface area contributed by atoms with Crippen molar-refractivity contribution in [3.8, 4) is 44.5 Å². The summed E-state index contributed by atoms with van der Waals surface area (Å²) in [5, 5.41) is 0. The van der Waals surface area contributed by atoms with Gasteiger partial charge in [-0.05, 0) is 124 Å². The molecule has 2 N–H and O–H groups in total. The van der Waals surface area contributed by atoms with Crippen LogP contribution in [0.4, 0.5) is 0 Å². The largest absolute Gasteiger partial charge is 1.00 e. The highest BCUT2D eigenvalue weighted by atomic mass is 79.9. The van der Waals surface area contributed by atoms with Gasteiger partial charge in [-0.1, -0.05) is 0 Å². The lowest BCUT2D eigenvalue weighted by molar-refractivity contribution is -0.697. The van der Waals surface area contributed by atoms with Crippen molar-refractivity contribution < 1.29 is 124 Å². The predicted molar refractivity (Wildman–Crippen MR) is 323 cm³/mol. The molecule has 88 heavy (non-hydrogen) atoms. The van der Waals surface area contributed by atoms with E-state index in [0.717, 1.165) is 167 Å². The summed E-state index contributed by atoms with van der Waals surface area (Å²) in [6, 6.07) is 25.6. The van der Waals surface area contributed by atoms with E-state index in [0.29, 0.717) is 52.1 Å². The number of hydrogen-bond acceptors (Lipinski definition) is 10. The summed E-state index contributed by atoms with van der Waals surface area (Å²) in [4.78, 5) is 67.1. The maximum atomic E-state index is 12.1. The third kappa shape index (κ3) is 19.5. The number of fused-ring (bicyclic) bond motifs is 8. The summed E-state index contributed by atoms with van der Waals surface area (Å²) in [6.07, 6.45) is 32.9. The van der Waals surface area contributed by atoms with E-state index in [-0.39, 0.29) is 91.8 Å². The zero-order valence-corrected chi connectivity index (χ0v) is 56.8. The Morgan fingerprint density at radius 1 is 0.330 bits per heavy atom. The second-order valence-corrected chi connectivity index (χ2v) is 20.8. The molecule has 0 fully saturated rings. The minimum atomic E-state index is -0.168. The Bertz CT molecular complexity index is 3500. The quantitative estimate of drug-likeness (QED) is 0.0280. The summed E-state index contributed by atoms with van der Waals surface area (Å²) >= 11 is 0. The van der Waals surface area contributed by atoms with Crippen LogP contribution in [0.2, 0.25) is 0 Å². The normalized spacial score (nSPS) is 11.1. The molecule has 0 atom stereocenters. The molecule has 7 aromatic rings. The Balaban J connectivity index is 0.00000353. The summed E-state index contributed by atoms with van der Waals surface area (Å²) in [5.41, 5.74) is 14.3. The lowest BCUT2D eigenvalue weighted by Gasteiger charge is -2.07. The van der Waals surface area contributed by atoms with Crippen LogP contribution in [-0.4, -0.2) is 70.2 Å². The maximum Gasteiger partial charge on any atom is 0.305 e. The van der Waals surface area contributed by atoms with Gasteiger partial charge >= 0.3 is 23.9 Å². The first-order valence-electron chi connectivity index (χ1n) is 29.9. The second-order valence-electron chi connectivity index (χ2n) is 20.8. The van der Waals surface area contributed by atoms with Gasteiger partial charge in [0.2, 0.25) is 0 Å². The van der Waals surface area contributed by atoms with Gasteiger partial charge in [-0.15, -0.1) is 0 Å². The van der Waals surface area contributed by atoms with Crippen molar-refractivity contribution in [1.29, 1.82) is 0 Å². The van der Waals surface area contributed by atoms with E-state index in [1.54, 1.807) is 0 Å². The molecule has 16 nitrogen and oxygen atoms in total. The number of carbonyl (C=O) groups excluding carboxylic acids is 4. The first kappa shape index (κ1) is 71.8. The number of nitrogens with zero attached hydrogens (tertiary/aromatic N) is 6. The van der Waals surface area contributed by atoms with E-state index in [4.69, 9.17) is 28.9 Å². The van der Waals surface area contributed by atoms with Crippen LogP contribution in [0.15, 0.2) is 122 Å². The molecule has 0 radical (unpaired) electrons. The third-order valence-corrected chi connectivity index (χ3v) is 14.9. The van der Waals surface area contributed by atoms with Crippen molar-refractivity contribution in [2.45, 2.75) is 131 Å². The van der Waals surface area contributed by atoms with Crippen LogP contribution >= 0.6 is 0 Å². The number of ether oxygens (including phenoxy) is 4. The van der Waals surface area contributed by atoms with E-state index in [1.165, 1.54) is 0 Å². The summed E-state index contributed by atoms with van der Waals surface area (Å²) in [7, 11) is 0. The fourth-order valence-electron chi connectivity index (χ4n) is 10.7. The Labute approximate surface area is 557 Å². The molecule has 0 saturated heterocycles. The smallest absolute Gasteiger partial charge is 0.305 e. The van der Waals surface area contributed by atoms with E-state index in [2.05, 4.69) is 175 Å². The maximum absolute atomic E-state index is 12.1. The highest BCUT2D eigenvalue weighted by molar-refractivity contribution is 6.00. The van der Waals surface area contributed by atoms with Crippen molar-refractivity contribution in [1.82, 2.24) is 19.9 Å². The molecule has 0 spiro atoms. The molecule has 9 rings (SSSR count). The fourth-order valence-corrected chi connectivity index (χ4v) is 10.7. The standard InChI is InChI=1S/C68H77N8O8.4BrH/c1-5-81-61(77)17-9-13-37-73-41-29-49(30-42-73)65-53-21-23-55(69-53)66(50-31-43-74(44-32-50)38-14-10-18-62(78)82-6-2)57-25-27-59(71-57)68(52-35-47-76(48-36-52)40-16-12-20-64(80)84-8-4)60-28-26-58(72-60)67(56-24-22-54(65)70-56)51-33-45-75(46-34-51)39-15-11-19-63(79)83-7-3;;;;/h21-36,41-48H,5-20,37-40H2,1-4H3,(H,69,70,71,72);4*1H/q+3;;;;/p-3. The molecule has 8 bridgehead atoms. The van der Waals surface area contributed by atoms with Gasteiger partial charge in [-0.2, -0.15) is 0 Å². The van der Waals surface area contributed by atoms with E-state index >= 15 is 0 Å². The fraction of sp³-hybridized carbons (Fsp3) is 0.353. The lowest BCUT2D eigenvalue weighted by atomic mass is 10.0. The van der Waals surface area contributed by atoms with Gasteiger partial charge in [0.05, 0.1) is 49.2 Å². The molecule has 0 amide bonds. The van der Waals surface area contributed by atoms with Gasteiger partial charge in [0.15, 0.2) is 49.6 Å². The average molecular weight is 1460 g/mol. The van der Waals surface area contributed by atoms with Crippen LogP contribution in [0.25, 0.3) is 90.9 Å². The monoisotopic (exact) mass is 1450 g/mol. The van der Waals surface area contributed by atoms with Gasteiger partial charge in [-0.3, -0.25) is 19.2 Å². The Morgan fingerprint density at radius 2 is 0.557 bits per heavy atom. The summed E-state index contributed by atoms with van der Waals surface area (Å²) in [6.45, 7) is 11.9. The Kier molecular flexibility index (Phi) is 29.7. The number of unbranched alkanes of at least 4 members (excludes halogenated alkanes) is 4. The van der Waals surface area contributed by atoms with Crippen LogP contribution in [0.3, 0.4) is 0 Å². The van der Waals surface area contributed by atoms with Crippen molar-refractivity contribution in [3.05, 3.63) is 145 Å². The number of nitrogens with one attached hydrogen (secondary N) is 2. The number of carbonyl (C=O) groups is 4. The molecule has 9 heterocycles. The number of hydrogen-bond donors (Lipinski definition) is 2. The first-order valence-corrected chi connectivity index (χ1v) is 29.9. The highest BCUT2D eigenvalue weighted by Gasteiger charge is 2.22. The number of aromatic amines is 2. The van der Waals surface area contributed by atoms with Crippen LogP contribution in [0.1, 0.15) is 128 Å². The van der Waals surface area contributed by atoms with Crippen molar-refractivity contribution in [3.63, 3.8) is 0 Å².